The minimum atomic E-state index is -0.581. The molecule has 0 bridgehead atoms. The number of fused-ring (bicyclic) bond motifs is 1. The molecule has 0 unspecified atom stereocenters. The molecule has 2 aromatic rings. The van der Waals surface area contributed by atoms with E-state index >= 15 is 0 Å². The van der Waals surface area contributed by atoms with Gasteiger partial charge in [-0.1, -0.05) is 17.7 Å². The van der Waals surface area contributed by atoms with E-state index in [1.165, 1.54) is 12.1 Å². The summed E-state index contributed by atoms with van der Waals surface area (Å²) >= 11 is 5.76. The third kappa shape index (κ3) is 4.22. The van der Waals surface area contributed by atoms with Gasteiger partial charge in [0.15, 0.2) is 18.1 Å². The van der Waals surface area contributed by atoms with Crippen molar-refractivity contribution in [1.82, 2.24) is 5.32 Å². The highest BCUT2D eigenvalue weighted by atomic mass is 35.5. The average molecular weight is 362 g/mol. The number of halogens is 1. The number of ether oxygens (including phenoxy) is 3. The van der Waals surface area contributed by atoms with Crippen LogP contribution >= 0.6 is 11.6 Å². The smallest absolute Gasteiger partial charge is 0.338 e. The Kier molecular flexibility index (Phi) is 5.09. The van der Waals surface area contributed by atoms with Gasteiger partial charge in [0.2, 0.25) is 6.79 Å². The van der Waals surface area contributed by atoms with Gasteiger partial charge in [0.1, 0.15) is 0 Å². The molecule has 3 rings (SSSR count). The summed E-state index contributed by atoms with van der Waals surface area (Å²) in [5.74, 6) is 0.349. The predicted octanol–water partition coefficient (Wildman–Crippen LogP) is 3.10. The highest BCUT2D eigenvalue weighted by Crippen LogP contribution is 2.34. The van der Waals surface area contributed by atoms with Gasteiger partial charge < -0.3 is 19.5 Å². The molecule has 25 heavy (non-hydrogen) atoms. The fourth-order valence-electron chi connectivity index (χ4n) is 2.35. The Labute approximate surface area is 149 Å². The summed E-state index contributed by atoms with van der Waals surface area (Å²) in [5.41, 5.74) is 1.20. The lowest BCUT2D eigenvalue weighted by Crippen LogP contribution is -2.31. The highest BCUT2D eigenvalue weighted by molar-refractivity contribution is 6.30. The van der Waals surface area contributed by atoms with Crippen LogP contribution in [0.3, 0.4) is 0 Å². The largest absolute Gasteiger partial charge is 0.454 e. The Hall–Kier alpha value is -2.73. The molecule has 6 nitrogen and oxygen atoms in total. The van der Waals surface area contributed by atoms with Crippen LogP contribution in [0.5, 0.6) is 11.5 Å². The van der Waals surface area contributed by atoms with Crippen molar-refractivity contribution in [3.05, 3.63) is 58.6 Å². The molecular formula is C18H16ClNO5. The van der Waals surface area contributed by atoms with Gasteiger partial charge >= 0.3 is 5.97 Å². The van der Waals surface area contributed by atoms with E-state index in [9.17, 15) is 9.59 Å². The standard InChI is InChI=1S/C18H16ClNO5/c1-11(13-4-7-15-16(8-13)25-10-24-15)20-17(21)9-23-18(22)12-2-5-14(19)6-3-12/h2-8,11H,9-10H2,1H3,(H,20,21)/t11-/m0/s1. The monoisotopic (exact) mass is 361 g/mol. The van der Waals surface area contributed by atoms with Crippen molar-refractivity contribution in [3.8, 4) is 11.5 Å². The van der Waals surface area contributed by atoms with Gasteiger partial charge in [0.25, 0.3) is 5.91 Å². The molecule has 1 aliphatic heterocycles. The minimum Gasteiger partial charge on any atom is -0.454 e. The molecule has 7 heteroatoms. The number of carbonyl (C=O) groups excluding carboxylic acids is 2. The number of hydrogen-bond donors (Lipinski definition) is 1. The van der Waals surface area contributed by atoms with Gasteiger partial charge in [-0.3, -0.25) is 4.79 Å². The first-order valence-electron chi connectivity index (χ1n) is 7.64. The van der Waals surface area contributed by atoms with Crippen molar-refractivity contribution >= 4 is 23.5 Å². The van der Waals surface area contributed by atoms with Crippen LogP contribution in [0, 0.1) is 0 Å². The number of carbonyl (C=O) groups is 2. The Bertz CT molecular complexity index is 791. The number of hydrogen-bond acceptors (Lipinski definition) is 5. The van der Waals surface area contributed by atoms with Crippen LogP contribution in [0.15, 0.2) is 42.5 Å². The normalized spacial score (nSPS) is 13.2. The first-order valence-corrected chi connectivity index (χ1v) is 8.02. The summed E-state index contributed by atoms with van der Waals surface area (Å²) in [5, 5.41) is 3.29. The maximum absolute atomic E-state index is 12.0. The van der Waals surface area contributed by atoms with Crippen molar-refractivity contribution in [1.29, 1.82) is 0 Å². The van der Waals surface area contributed by atoms with Crippen molar-refractivity contribution < 1.29 is 23.8 Å². The first-order chi connectivity index (χ1) is 12.0. The maximum atomic E-state index is 12.0. The number of esters is 1. The van der Waals surface area contributed by atoms with Crippen LogP contribution in [-0.4, -0.2) is 25.3 Å². The average Bonchev–Trinajstić information content (AvgIpc) is 3.08. The van der Waals surface area contributed by atoms with Gasteiger partial charge in [-0.25, -0.2) is 4.79 Å². The van der Waals surface area contributed by atoms with E-state index in [1.807, 2.05) is 19.1 Å². The topological polar surface area (TPSA) is 73.9 Å². The summed E-state index contributed by atoms with van der Waals surface area (Å²) in [6.07, 6.45) is 0. The lowest BCUT2D eigenvalue weighted by atomic mass is 10.1. The Morgan fingerprint density at radius 2 is 1.88 bits per heavy atom. The summed E-state index contributed by atoms with van der Waals surface area (Å²) in [7, 11) is 0. The molecule has 130 valence electrons. The summed E-state index contributed by atoms with van der Waals surface area (Å²) < 4.78 is 15.6. The molecule has 2 aromatic carbocycles. The third-order valence-corrected chi connectivity index (χ3v) is 3.94. The number of benzene rings is 2. The van der Waals surface area contributed by atoms with E-state index in [0.29, 0.717) is 22.1 Å². The van der Waals surface area contributed by atoms with Crippen molar-refractivity contribution in [2.75, 3.05) is 13.4 Å². The molecule has 0 spiro atoms. The quantitative estimate of drug-likeness (QED) is 0.828. The van der Waals surface area contributed by atoms with E-state index in [2.05, 4.69) is 5.32 Å². The SMILES string of the molecule is C[C@H](NC(=O)COC(=O)c1ccc(Cl)cc1)c1ccc2c(c1)OCO2. The molecule has 0 aromatic heterocycles. The molecular weight excluding hydrogens is 346 g/mol. The third-order valence-electron chi connectivity index (χ3n) is 3.69. The summed E-state index contributed by atoms with van der Waals surface area (Å²) in [6, 6.07) is 11.4. The Morgan fingerprint density at radius 3 is 2.64 bits per heavy atom. The van der Waals surface area contributed by atoms with Gasteiger partial charge in [-0.05, 0) is 48.9 Å². The van der Waals surface area contributed by atoms with Gasteiger partial charge in [-0.15, -0.1) is 0 Å². The second-order valence-corrected chi connectivity index (χ2v) is 5.92. The lowest BCUT2D eigenvalue weighted by Gasteiger charge is -2.15. The van der Waals surface area contributed by atoms with E-state index in [1.54, 1.807) is 18.2 Å². The molecule has 1 heterocycles. The molecule has 1 atom stereocenters. The van der Waals surface area contributed by atoms with Gasteiger partial charge in [-0.2, -0.15) is 0 Å². The van der Waals surface area contributed by atoms with Gasteiger partial charge in [0, 0.05) is 5.02 Å². The van der Waals surface area contributed by atoms with Crippen LogP contribution in [0.4, 0.5) is 0 Å². The van der Waals surface area contributed by atoms with E-state index < -0.39 is 11.9 Å². The highest BCUT2D eigenvalue weighted by Gasteiger charge is 2.17. The van der Waals surface area contributed by atoms with E-state index in [4.69, 9.17) is 25.8 Å². The Morgan fingerprint density at radius 1 is 1.16 bits per heavy atom. The second kappa shape index (κ2) is 7.44. The fourth-order valence-corrected chi connectivity index (χ4v) is 2.48. The molecule has 0 saturated carbocycles. The zero-order valence-electron chi connectivity index (χ0n) is 13.5. The molecule has 0 fully saturated rings. The van der Waals surface area contributed by atoms with Crippen LogP contribution < -0.4 is 14.8 Å². The zero-order chi connectivity index (χ0) is 17.8. The maximum Gasteiger partial charge on any atom is 0.338 e. The van der Waals surface area contributed by atoms with E-state index in [-0.39, 0.29) is 19.4 Å². The van der Waals surface area contributed by atoms with E-state index in [0.717, 1.165) is 5.56 Å². The predicted molar refractivity (Wildman–Crippen MR) is 90.9 cm³/mol. The molecule has 0 aliphatic carbocycles. The fraction of sp³-hybridized carbons (Fsp3) is 0.222. The number of nitrogens with one attached hydrogen (secondary N) is 1. The number of rotatable bonds is 5. The Balaban J connectivity index is 1.52. The summed E-state index contributed by atoms with van der Waals surface area (Å²) in [6.45, 7) is 1.66. The van der Waals surface area contributed by atoms with Crippen LogP contribution in [0.1, 0.15) is 28.9 Å². The van der Waals surface area contributed by atoms with Crippen molar-refractivity contribution in [2.24, 2.45) is 0 Å². The van der Waals surface area contributed by atoms with Crippen molar-refractivity contribution in [3.63, 3.8) is 0 Å². The molecule has 0 saturated heterocycles. The minimum absolute atomic E-state index is 0.195. The van der Waals surface area contributed by atoms with Crippen LogP contribution in [0.25, 0.3) is 0 Å². The second-order valence-electron chi connectivity index (χ2n) is 5.48. The van der Waals surface area contributed by atoms with Crippen LogP contribution in [-0.2, 0) is 9.53 Å². The van der Waals surface area contributed by atoms with Crippen LogP contribution in [0.2, 0.25) is 5.02 Å². The molecule has 1 N–H and O–H groups in total. The lowest BCUT2D eigenvalue weighted by molar-refractivity contribution is -0.124. The van der Waals surface area contributed by atoms with Gasteiger partial charge in [0.05, 0.1) is 11.6 Å². The number of amides is 1. The molecule has 0 radical (unpaired) electrons. The first kappa shape index (κ1) is 17.1. The molecule has 1 amide bonds. The molecule has 1 aliphatic rings. The van der Waals surface area contributed by atoms with Crippen molar-refractivity contribution in [2.45, 2.75) is 13.0 Å². The summed E-state index contributed by atoms with van der Waals surface area (Å²) in [4.78, 5) is 23.9. The zero-order valence-corrected chi connectivity index (χ0v) is 14.2.